The third-order valence-corrected chi connectivity index (χ3v) is 11.3. The summed E-state index contributed by atoms with van der Waals surface area (Å²) in [6.45, 7) is 3.92. The molecule has 0 amide bonds. The van der Waals surface area contributed by atoms with Gasteiger partial charge in [-0.05, 0) is 57.2 Å². The van der Waals surface area contributed by atoms with E-state index in [2.05, 4.69) is 0 Å². The summed E-state index contributed by atoms with van der Waals surface area (Å²) in [5.74, 6) is 0. The van der Waals surface area contributed by atoms with Crippen LogP contribution in [0.15, 0.2) is 87.5 Å². The number of ether oxygens (including phenoxy) is 4. The molecule has 46 heavy (non-hydrogen) atoms. The van der Waals surface area contributed by atoms with Gasteiger partial charge in [0.1, 0.15) is 44.1 Å². The lowest BCUT2D eigenvalue weighted by Crippen LogP contribution is -2.59. The molecule has 0 bridgehead atoms. The molecule has 2 fully saturated rings. The van der Waals surface area contributed by atoms with E-state index >= 15 is 0 Å². The van der Waals surface area contributed by atoms with Gasteiger partial charge >= 0.3 is 0 Å². The van der Waals surface area contributed by atoms with E-state index in [0.717, 1.165) is 16.7 Å². The number of rotatable bonds is 11. The van der Waals surface area contributed by atoms with Crippen LogP contribution in [-0.4, -0.2) is 82.6 Å². The first kappa shape index (κ1) is 34.6. The van der Waals surface area contributed by atoms with Crippen LogP contribution < -0.4 is 0 Å². The molecule has 16 heteroatoms. The van der Waals surface area contributed by atoms with Crippen molar-refractivity contribution in [2.24, 2.45) is 0 Å². The van der Waals surface area contributed by atoms with E-state index in [1.54, 1.807) is 57.2 Å². The lowest BCUT2D eigenvalue weighted by Gasteiger charge is -2.41. The van der Waals surface area contributed by atoms with Gasteiger partial charge in [-0.15, -0.1) is 0 Å². The average Bonchev–Trinajstić information content (AvgIpc) is 3.01. The van der Waals surface area contributed by atoms with Gasteiger partial charge in [0, 0.05) is 0 Å². The van der Waals surface area contributed by atoms with Gasteiger partial charge in [-0.25, -0.2) is 0 Å². The number of hydrogen-bond acceptors (Lipinski definition) is 13. The Bertz CT molecular complexity index is 1710. The van der Waals surface area contributed by atoms with Crippen LogP contribution in [0.5, 0.6) is 0 Å². The summed E-state index contributed by atoms with van der Waals surface area (Å²) >= 11 is 0. The van der Waals surface area contributed by atoms with Crippen LogP contribution in [0.2, 0.25) is 0 Å². The van der Waals surface area contributed by atoms with Crippen molar-refractivity contribution < 1.29 is 56.8 Å². The summed E-state index contributed by atoms with van der Waals surface area (Å²) in [6.07, 6.45) is -7.52. The van der Waals surface area contributed by atoms with E-state index in [-0.39, 0.29) is 41.5 Å². The predicted octanol–water partition coefficient (Wildman–Crippen LogP) is 2.98. The van der Waals surface area contributed by atoms with Gasteiger partial charge in [0.2, 0.25) is 0 Å². The molecular weight excluding hydrogens is 665 g/mol. The second-order valence-corrected chi connectivity index (χ2v) is 15.6. The molecule has 13 nitrogen and oxygen atoms in total. The van der Waals surface area contributed by atoms with Gasteiger partial charge in [-0.3, -0.25) is 12.5 Å². The molecule has 2 aliphatic heterocycles. The maximum Gasteiger partial charge on any atom is 0.297 e. The lowest BCUT2D eigenvalue weighted by molar-refractivity contribution is -0.257. The first-order valence-corrected chi connectivity index (χ1v) is 18.4. The Morgan fingerprint density at radius 3 is 1.22 bits per heavy atom. The van der Waals surface area contributed by atoms with E-state index in [1.807, 2.05) is 0 Å². The molecule has 0 saturated carbocycles. The van der Waals surface area contributed by atoms with E-state index in [9.17, 15) is 25.3 Å². The Labute approximate surface area is 268 Å². The summed E-state index contributed by atoms with van der Waals surface area (Å²) in [5, 5.41) is 0. The molecule has 0 aliphatic carbocycles. The van der Waals surface area contributed by atoms with Crippen molar-refractivity contribution in [3.8, 4) is 0 Å². The molecule has 5 rings (SSSR count). The molecule has 2 saturated heterocycles. The SMILES string of the molecule is Cc1ccc(S(=O)(=O)OC([C@H]2OCOC[C@H]2OS(=O)(=O)c2ccc(C)cc2)[C@H]2OCOC[C@H]2OS(=O)(=O)c2ccc(C)cc2)cc1. The summed E-state index contributed by atoms with van der Waals surface area (Å²) in [6, 6.07) is 17.6. The zero-order valence-electron chi connectivity index (χ0n) is 25.2. The molecule has 2 aliphatic rings. The average molecular weight is 699 g/mol. The molecule has 0 N–H and O–H groups in total. The van der Waals surface area contributed by atoms with Gasteiger partial charge in [-0.2, -0.15) is 25.3 Å². The molecule has 2 heterocycles. The molecule has 3 aromatic carbocycles. The normalized spacial score (nSPS) is 23.0. The Morgan fingerprint density at radius 1 is 0.543 bits per heavy atom. The fourth-order valence-corrected chi connectivity index (χ4v) is 8.05. The first-order valence-electron chi connectivity index (χ1n) is 14.1. The van der Waals surface area contributed by atoms with Crippen LogP contribution in [0.3, 0.4) is 0 Å². The molecular formula is C30H34O13S3. The highest BCUT2D eigenvalue weighted by molar-refractivity contribution is 7.87. The molecule has 0 spiro atoms. The quantitative estimate of drug-likeness (QED) is 0.269. The van der Waals surface area contributed by atoms with Crippen molar-refractivity contribution in [1.29, 1.82) is 0 Å². The maximum atomic E-state index is 13.6. The second-order valence-electron chi connectivity index (χ2n) is 10.9. The third-order valence-electron chi connectivity index (χ3n) is 7.30. The highest BCUT2D eigenvalue weighted by atomic mass is 32.2. The fraction of sp³-hybridized carbons (Fsp3) is 0.400. The van der Waals surface area contributed by atoms with Gasteiger partial charge < -0.3 is 18.9 Å². The van der Waals surface area contributed by atoms with Gasteiger partial charge in [0.25, 0.3) is 30.4 Å². The van der Waals surface area contributed by atoms with Crippen molar-refractivity contribution in [1.82, 2.24) is 0 Å². The van der Waals surface area contributed by atoms with Crippen molar-refractivity contribution in [3.63, 3.8) is 0 Å². The predicted molar refractivity (Wildman–Crippen MR) is 161 cm³/mol. The summed E-state index contributed by atoms with van der Waals surface area (Å²) in [4.78, 5) is -0.517. The standard InChI is InChI=1S/C30H34O13S3/c1-20-4-10-23(11-5-20)44(31,32)41-26-16-37-18-39-28(26)30(43-46(35,36)25-14-8-22(3)9-15-25)29-27(17-38-19-40-29)42-45(33,34)24-12-6-21(2)7-13-24/h4-15,26-30H,16-19H2,1-3H3/t26-,27-,28+,29+/m1/s1. The largest absolute Gasteiger partial charge is 0.353 e. The first-order chi connectivity index (χ1) is 21.7. The Morgan fingerprint density at radius 2 is 0.870 bits per heavy atom. The van der Waals surface area contributed by atoms with E-state index in [4.69, 9.17) is 31.5 Å². The Kier molecular flexibility index (Phi) is 10.6. The zero-order valence-corrected chi connectivity index (χ0v) is 27.6. The summed E-state index contributed by atoms with van der Waals surface area (Å²) in [5.41, 5.74) is 2.43. The smallest absolute Gasteiger partial charge is 0.297 e. The minimum Gasteiger partial charge on any atom is -0.353 e. The van der Waals surface area contributed by atoms with Gasteiger partial charge in [0.15, 0.2) is 0 Å². The van der Waals surface area contributed by atoms with Crippen LogP contribution in [0.4, 0.5) is 0 Å². The third kappa shape index (κ3) is 8.20. The second kappa shape index (κ2) is 14.1. The highest BCUT2D eigenvalue weighted by Gasteiger charge is 2.49. The van der Waals surface area contributed by atoms with Crippen molar-refractivity contribution in [2.75, 3.05) is 26.8 Å². The number of hydrogen-bond donors (Lipinski definition) is 0. The van der Waals surface area contributed by atoms with Crippen molar-refractivity contribution in [2.45, 2.75) is 66.0 Å². The van der Waals surface area contributed by atoms with Crippen molar-refractivity contribution >= 4 is 30.4 Å². The maximum absolute atomic E-state index is 13.6. The highest BCUT2D eigenvalue weighted by Crippen LogP contribution is 2.32. The number of benzene rings is 3. The van der Waals surface area contributed by atoms with E-state index < -0.39 is 60.9 Å². The fourth-order valence-electron chi connectivity index (χ4n) is 4.81. The van der Waals surface area contributed by atoms with E-state index in [0.29, 0.717) is 0 Å². The minimum absolute atomic E-state index is 0.153. The minimum atomic E-state index is -4.57. The van der Waals surface area contributed by atoms with Gasteiger partial charge in [-0.1, -0.05) is 53.1 Å². The topological polar surface area (TPSA) is 167 Å². The van der Waals surface area contributed by atoms with Crippen LogP contribution in [0.25, 0.3) is 0 Å². The molecule has 3 aromatic rings. The number of aryl methyl sites for hydroxylation is 3. The van der Waals surface area contributed by atoms with Crippen LogP contribution >= 0.6 is 0 Å². The molecule has 0 aromatic heterocycles. The Hall–Kier alpha value is -2.77. The van der Waals surface area contributed by atoms with Crippen molar-refractivity contribution in [3.05, 3.63) is 89.5 Å². The van der Waals surface area contributed by atoms with E-state index in [1.165, 1.54) is 36.4 Å². The van der Waals surface area contributed by atoms with Crippen LogP contribution in [0, 0.1) is 20.8 Å². The molecule has 0 radical (unpaired) electrons. The zero-order chi connectivity index (χ0) is 33.1. The van der Waals surface area contributed by atoms with Crippen LogP contribution in [-0.2, 0) is 61.9 Å². The Balaban J connectivity index is 1.51. The summed E-state index contributed by atoms with van der Waals surface area (Å²) < 4.78 is 119. The molecule has 4 atom stereocenters. The van der Waals surface area contributed by atoms with Gasteiger partial charge in [0.05, 0.1) is 27.9 Å². The summed E-state index contributed by atoms with van der Waals surface area (Å²) in [7, 11) is -13.4. The molecule has 250 valence electrons. The monoisotopic (exact) mass is 698 g/mol. The molecule has 0 unspecified atom stereocenters. The van der Waals surface area contributed by atoms with Crippen LogP contribution in [0.1, 0.15) is 16.7 Å². The lowest BCUT2D eigenvalue weighted by atomic mass is 9.98.